The molecule has 0 aromatic heterocycles. The maximum absolute atomic E-state index is 11.9. The molecule has 0 fully saturated rings. The molecule has 0 heterocycles. The van der Waals surface area contributed by atoms with E-state index in [1.54, 1.807) is 25.1 Å². The number of rotatable bonds is 6. The van der Waals surface area contributed by atoms with Gasteiger partial charge in [0.15, 0.2) is 0 Å². The van der Waals surface area contributed by atoms with Crippen molar-refractivity contribution in [3.05, 3.63) is 23.8 Å². The van der Waals surface area contributed by atoms with Crippen molar-refractivity contribution in [2.75, 3.05) is 12.4 Å². The first-order chi connectivity index (χ1) is 9.47. The first kappa shape index (κ1) is 15.5. The van der Waals surface area contributed by atoms with Crippen LogP contribution in [-0.4, -0.2) is 24.1 Å². The van der Waals surface area contributed by atoms with Gasteiger partial charge in [0.1, 0.15) is 17.5 Å². The van der Waals surface area contributed by atoms with Crippen LogP contribution in [0.1, 0.15) is 25.3 Å². The summed E-state index contributed by atoms with van der Waals surface area (Å²) in [6.07, 6.45) is -0.0142. The van der Waals surface area contributed by atoms with Gasteiger partial charge in [0.25, 0.3) is 0 Å². The number of nitriles is 1. The highest BCUT2D eigenvalue weighted by atomic mass is 16.5. The van der Waals surface area contributed by atoms with Crippen molar-refractivity contribution >= 4 is 17.6 Å². The lowest BCUT2D eigenvalue weighted by molar-refractivity contribution is -0.138. The van der Waals surface area contributed by atoms with E-state index in [2.05, 4.69) is 5.32 Å². The van der Waals surface area contributed by atoms with E-state index in [0.717, 1.165) is 0 Å². The lowest BCUT2D eigenvalue weighted by Crippen LogP contribution is -2.18. The molecular formula is C14H16N2O4. The Balaban J connectivity index is 2.80. The van der Waals surface area contributed by atoms with Gasteiger partial charge in [0.2, 0.25) is 5.91 Å². The van der Waals surface area contributed by atoms with Crippen LogP contribution in [0, 0.1) is 17.2 Å². The van der Waals surface area contributed by atoms with Crippen molar-refractivity contribution in [1.29, 1.82) is 5.26 Å². The fourth-order valence-electron chi connectivity index (χ4n) is 1.80. The number of nitrogens with one attached hydrogen (secondary N) is 1. The van der Waals surface area contributed by atoms with Crippen LogP contribution in [0.4, 0.5) is 5.69 Å². The molecule has 0 bridgehead atoms. The fraction of sp³-hybridized carbons (Fsp3) is 0.357. The van der Waals surface area contributed by atoms with Crippen molar-refractivity contribution in [2.24, 2.45) is 5.92 Å². The number of aliphatic carboxylic acids is 1. The van der Waals surface area contributed by atoms with E-state index < -0.39 is 5.97 Å². The molecule has 1 atom stereocenters. The monoisotopic (exact) mass is 276 g/mol. The van der Waals surface area contributed by atoms with Gasteiger partial charge in [-0.05, 0) is 18.1 Å². The molecule has 0 saturated carbocycles. The Morgan fingerprint density at radius 1 is 1.45 bits per heavy atom. The van der Waals surface area contributed by atoms with Gasteiger partial charge in [-0.1, -0.05) is 13.0 Å². The van der Waals surface area contributed by atoms with E-state index in [4.69, 9.17) is 15.1 Å². The average molecular weight is 276 g/mol. The summed E-state index contributed by atoms with van der Waals surface area (Å²) in [5.74, 6) is -1.18. The lowest BCUT2D eigenvalue weighted by Gasteiger charge is -2.13. The van der Waals surface area contributed by atoms with Gasteiger partial charge >= 0.3 is 5.97 Å². The second kappa shape index (κ2) is 7.14. The number of methoxy groups -OCH3 is 1. The van der Waals surface area contributed by atoms with Crippen LogP contribution < -0.4 is 10.1 Å². The number of para-hydroxylation sites is 1. The molecule has 1 unspecified atom stereocenters. The van der Waals surface area contributed by atoms with E-state index in [0.29, 0.717) is 17.0 Å². The summed E-state index contributed by atoms with van der Waals surface area (Å²) in [4.78, 5) is 22.4. The smallest absolute Gasteiger partial charge is 0.303 e. The van der Waals surface area contributed by atoms with Crippen LogP contribution in [0.25, 0.3) is 0 Å². The van der Waals surface area contributed by atoms with Crippen LogP contribution in [0.15, 0.2) is 18.2 Å². The predicted molar refractivity (Wildman–Crippen MR) is 72.4 cm³/mol. The normalized spacial score (nSPS) is 11.2. The molecule has 0 aliphatic heterocycles. The van der Waals surface area contributed by atoms with Gasteiger partial charge in [0, 0.05) is 12.8 Å². The Hall–Kier alpha value is -2.55. The third kappa shape index (κ3) is 4.28. The number of ether oxygens (including phenoxy) is 1. The summed E-state index contributed by atoms with van der Waals surface area (Å²) in [7, 11) is 1.44. The number of carboxylic acid groups (broad SMARTS) is 1. The molecule has 1 rings (SSSR count). The molecule has 1 aromatic rings. The van der Waals surface area contributed by atoms with Crippen molar-refractivity contribution in [3.8, 4) is 11.8 Å². The Morgan fingerprint density at radius 2 is 2.15 bits per heavy atom. The Labute approximate surface area is 117 Å². The number of nitrogens with zero attached hydrogens (tertiary/aromatic N) is 1. The first-order valence-corrected chi connectivity index (χ1v) is 6.06. The largest absolute Gasteiger partial charge is 0.495 e. The van der Waals surface area contributed by atoms with Crippen LogP contribution in [0.5, 0.6) is 5.75 Å². The second-order valence-electron chi connectivity index (χ2n) is 4.45. The molecule has 1 aromatic carbocycles. The first-order valence-electron chi connectivity index (χ1n) is 6.06. The Morgan fingerprint density at radius 3 is 2.70 bits per heavy atom. The SMILES string of the molecule is COc1cccc(C#N)c1NC(=O)CC(C)CC(=O)O. The molecule has 0 aliphatic rings. The molecular weight excluding hydrogens is 260 g/mol. The molecule has 6 heteroatoms. The summed E-state index contributed by atoms with van der Waals surface area (Å²) in [6.45, 7) is 1.68. The van der Waals surface area contributed by atoms with Gasteiger partial charge in [0.05, 0.1) is 12.7 Å². The zero-order valence-electron chi connectivity index (χ0n) is 11.3. The number of hydrogen-bond donors (Lipinski definition) is 2. The van der Waals surface area contributed by atoms with Crippen LogP contribution >= 0.6 is 0 Å². The van der Waals surface area contributed by atoms with Gasteiger partial charge in [-0.25, -0.2) is 0 Å². The average Bonchev–Trinajstić information content (AvgIpc) is 2.37. The fourth-order valence-corrected chi connectivity index (χ4v) is 1.80. The van der Waals surface area contributed by atoms with E-state index in [1.807, 2.05) is 6.07 Å². The Kier molecular flexibility index (Phi) is 5.54. The quantitative estimate of drug-likeness (QED) is 0.827. The number of amides is 1. The predicted octanol–water partition coefficient (Wildman–Crippen LogP) is 2.01. The zero-order chi connectivity index (χ0) is 15.1. The lowest BCUT2D eigenvalue weighted by atomic mass is 10.0. The van der Waals surface area contributed by atoms with Crippen LogP contribution in [0.2, 0.25) is 0 Å². The highest BCUT2D eigenvalue weighted by Crippen LogP contribution is 2.28. The number of carbonyl (C=O) groups is 2. The third-order valence-corrected chi connectivity index (χ3v) is 2.69. The molecule has 6 nitrogen and oxygen atoms in total. The standard InChI is InChI=1S/C14H16N2O4/c1-9(7-13(18)19)6-12(17)16-14-10(8-15)4-3-5-11(14)20-2/h3-5,9H,6-7H2,1-2H3,(H,16,17)(H,18,19). The highest BCUT2D eigenvalue weighted by Gasteiger charge is 2.16. The number of carbonyl (C=O) groups excluding carboxylic acids is 1. The number of anilines is 1. The molecule has 0 radical (unpaired) electrons. The van der Waals surface area contributed by atoms with Gasteiger partial charge in [-0.15, -0.1) is 0 Å². The molecule has 20 heavy (non-hydrogen) atoms. The molecule has 0 saturated heterocycles. The molecule has 1 amide bonds. The third-order valence-electron chi connectivity index (χ3n) is 2.69. The maximum atomic E-state index is 11.9. The van der Waals surface area contributed by atoms with Gasteiger partial charge < -0.3 is 15.2 Å². The minimum absolute atomic E-state index is 0.0647. The molecule has 2 N–H and O–H groups in total. The van der Waals surface area contributed by atoms with Crippen molar-refractivity contribution < 1.29 is 19.4 Å². The summed E-state index contributed by atoms with van der Waals surface area (Å²) in [6, 6.07) is 6.83. The second-order valence-corrected chi connectivity index (χ2v) is 4.45. The number of benzene rings is 1. The van der Waals surface area contributed by atoms with Crippen molar-refractivity contribution in [2.45, 2.75) is 19.8 Å². The van der Waals surface area contributed by atoms with Crippen molar-refractivity contribution in [3.63, 3.8) is 0 Å². The van der Waals surface area contributed by atoms with Crippen LogP contribution in [-0.2, 0) is 9.59 Å². The summed E-state index contributed by atoms with van der Waals surface area (Å²) in [5, 5.41) is 20.3. The summed E-state index contributed by atoms with van der Waals surface area (Å²) >= 11 is 0. The van der Waals surface area contributed by atoms with E-state index in [-0.39, 0.29) is 24.7 Å². The summed E-state index contributed by atoms with van der Waals surface area (Å²) < 4.78 is 5.10. The minimum atomic E-state index is -0.944. The zero-order valence-corrected chi connectivity index (χ0v) is 11.3. The van der Waals surface area contributed by atoms with Gasteiger partial charge in [-0.3, -0.25) is 9.59 Å². The topological polar surface area (TPSA) is 99.4 Å². The maximum Gasteiger partial charge on any atom is 0.303 e. The molecule has 106 valence electrons. The Bertz CT molecular complexity index is 549. The van der Waals surface area contributed by atoms with E-state index >= 15 is 0 Å². The summed E-state index contributed by atoms with van der Waals surface area (Å²) in [5.41, 5.74) is 0.605. The van der Waals surface area contributed by atoms with E-state index in [1.165, 1.54) is 7.11 Å². The number of hydrogen-bond acceptors (Lipinski definition) is 4. The minimum Gasteiger partial charge on any atom is -0.495 e. The number of carboxylic acids is 1. The van der Waals surface area contributed by atoms with Crippen LogP contribution in [0.3, 0.4) is 0 Å². The highest BCUT2D eigenvalue weighted by molar-refractivity contribution is 5.94. The van der Waals surface area contributed by atoms with Crippen molar-refractivity contribution in [1.82, 2.24) is 0 Å². The van der Waals surface area contributed by atoms with Gasteiger partial charge in [-0.2, -0.15) is 5.26 Å². The van der Waals surface area contributed by atoms with E-state index in [9.17, 15) is 9.59 Å². The molecule has 0 spiro atoms. The molecule has 0 aliphatic carbocycles.